The average molecular weight is 158 g/mol. The number of rotatable bonds is 1. The number of aldehydes is 1. The van der Waals surface area contributed by atoms with E-state index < -0.39 is 0 Å². The highest BCUT2D eigenvalue weighted by Crippen LogP contribution is 2.21. The highest BCUT2D eigenvalue weighted by atomic mass is 16.1. The maximum atomic E-state index is 10.5. The lowest BCUT2D eigenvalue weighted by Gasteiger charge is -2.11. The predicted molar refractivity (Wildman–Crippen MR) is 48.8 cm³/mol. The fraction of sp³-hybridized carbons (Fsp3) is 0.182. The van der Waals surface area contributed by atoms with Gasteiger partial charge in [-0.25, -0.2) is 0 Å². The van der Waals surface area contributed by atoms with Crippen LogP contribution < -0.4 is 0 Å². The third kappa shape index (κ3) is 1.18. The van der Waals surface area contributed by atoms with Gasteiger partial charge in [0.1, 0.15) is 6.29 Å². The van der Waals surface area contributed by atoms with E-state index in [1.807, 2.05) is 18.2 Å². The van der Waals surface area contributed by atoms with Crippen LogP contribution in [0.1, 0.15) is 17.5 Å². The van der Waals surface area contributed by atoms with E-state index in [-0.39, 0.29) is 0 Å². The van der Waals surface area contributed by atoms with Gasteiger partial charge in [0.2, 0.25) is 0 Å². The number of fused-ring (bicyclic) bond motifs is 1. The monoisotopic (exact) mass is 158 g/mol. The molecule has 0 aliphatic heterocycles. The molecule has 60 valence electrons. The van der Waals surface area contributed by atoms with Crippen LogP contribution in [-0.4, -0.2) is 6.29 Å². The second-order valence-corrected chi connectivity index (χ2v) is 3.04. The highest BCUT2D eigenvalue weighted by Gasteiger charge is 2.07. The van der Waals surface area contributed by atoms with Gasteiger partial charge in [0, 0.05) is 0 Å². The summed E-state index contributed by atoms with van der Waals surface area (Å²) in [6.07, 6.45) is 4.82. The summed E-state index contributed by atoms with van der Waals surface area (Å²) in [4.78, 5) is 10.5. The smallest absolute Gasteiger partial charge is 0.146 e. The van der Waals surface area contributed by atoms with Crippen molar-refractivity contribution in [2.24, 2.45) is 0 Å². The Bertz CT molecular complexity index is 337. The molecule has 0 saturated carbocycles. The van der Waals surface area contributed by atoms with Crippen molar-refractivity contribution in [1.82, 2.24) is 0 Å². The van der Waals surface area contributed by atoms with E-state index in [2.05, 4.69) is 12.1 Å². The Morgan fingerprint density at radius 3 is 2.83 bits per heavy atom. The molecular formula is C11H10O. The van der Waals surface area contributed by atoms with Crippen molar-refractivity contribution in [2.75, 3.05) is 0 Å². The minimum absolute atomic E-state index is 0.889. The molecule has 0 unspecified atom stereocenters. The Kier molecular flexibility index (Phi) is 1.78. The van der Waals surface area contributed by atoms with Crippen molar-refractivity contribution in [1.29, 1.82) is 0 Å². The van der Waals surface area contributed by atoms with Gasteiger partial charge in [0.25, 0.3) is 0 Å². The van der Waals surface area contributed by atoms with Crippen LogP contribution in [0.15, 0.2) is 29.8 Å². The van der Waals surface area contributed by atoms with Gasteiger partial charge in [-0.2, -0.15) is 0 Å². The summed E-state index contributed by atoms with van der Waals surface area (Å²) in [6, 6.07) is 8.22. The van der Waals surface area contributed by atoms with E-state index in [1.54, 1.807) is 0 Å². The summed E-state index contributed by atoms with van der Waals surface area (Å²) in [7, 11) is 0. The van der Waals surface area contributed by atoms with Crippen LogP contribution in [0.5, 0.6) is 0 Å². The van der Waals surface area contributed by atoms with Gasteiger partial charge in [-0.3, -0.25) is 4.79 Å². The van der Waals surface area contributed by atoms with Crippen LogP contribution in [-0.2, 0) is 11.2 Å². The highest BCUT2D eigenvalue weighted by molar-refractivity contribution is 5.83. The molecule has 0 atom stereocenters. The SMILES string of the molecule is O=CC1=Cc2ccccc2CC1. The van der Waals surface area contributed by atoms with Gasteiger partial charge < -0.3 is 0 Å². The molecule has 0 N–H and O–H groups in total. The third-order valence-corrected chi connectivity index (χ3v) is 2.23. The molecule has 0 fully saturated rings. The Morgan fingerprint density at radius 2 is 2.00 bits per heavy atom. The molecule has 0 bridgehead atoms. The molecule has 0 radical (unpaired) electrons. The van der Waals surface area contributed by atoms with E-state index in [4.69, 9.17) is 0 Å². The van der Waals surface area contributed by atoms with Gasteiger partial charge >= 0.3 is 0 Å². The van der Waals surface area contributed by atoms with Crippen LogP contribution in [0, 0.1) is 0 Å². The van der Waals surface area contributed by atoms with Crippen LogP contribution in [0.2, 0.25) is 0 Å². The zero-order valence-corrected chi connectivity index (χ0v) is 6.79. The van der Waals surface area contributed by atoms with Crippen molar-refractivity contribution in [3.05, 3.63) is 41.0 Å². The summed E-state index contributed by atoms with van der Waals surface area (Å²) >= 11 is 0. The van der Waals surface area contributed by atoms with E-state index in [1.165, 1.54) is 11.1 Å². The van der Waals surface area contributed by atoms with Gasteiger partial charge in [-0.05, 0) is 35.6 Å². The number of hydrogen-bond donors (Lipinski definition) is 0. The van der Waals surface area contributed by atoms with E-state index in [0.29, 0.717) is 0 Å². The number of hydrogen-bond acceptors (Lipinski definition) is 1. The molecule has 1 nitrogen and oxygen atoms in total. The normalized spacial score (nSPS) is 14.8. The second kappa shape index (κ2) is 2.94. The van der Waals surface area contributed by atoms with Gasteiger partial charge in [0.05, 0.1) is 0 Å². The van der Waals surface area contributed by atoms with E-state index in [0.717, 1.165) is 24.7 Å². The first-order chi connectivity index (χ1) is 5.90. The zero-order valence-electron chi connectivity index (χ0n) is 6.79. The predicted octanol–water partition coefficient (Wildman–Crippen LogP) is 2.22. The molecular weight excluding hydrogens is 148 g/mol. The zero-order chi connectivity index (χ0) is 8.39. The van der Waals surface area contributed by atoms with E-state index >= 15 is 0 Å². The number of benzene rings is 1. The molecule has 1 aliphatic rings. The van der Waals surface area contributed by atoms with Gasteiger partial charge in [-0.1, -0.05) is 24.3 Å². The summed E-state index contributed by atoms with van der Waals surface area (Å²) in [5.41, 5.74) is 3.46. The molecule has 0 aromatic heterocycles. The lowest BCUT2D eigenvalue weighted by atomic mass is 9.93. The molecule has 0 saturated heterocycles. The summed E-state index contributed by atoms with van der Waals surface area (Å²) < 4.78 is 0. The summed E-state index contributed by atoms with van der Waals surface area (Å²) in [5.74, 6) is 0. The molecule has 12 heavy (non-hydrogen) atoms. The quantitative estimate of drug-likeness (QED) is 0.573. The van der Waals surface area contributed by atoms with Crippen molar-refractivity contribution < 1.29 is 4.79 Å². The molecule has 2 rings (SSSR count). The largest absolute Gasteiger partial charge is 0.298 e. The Labute approximate surface area is 71.7 Å². The maximum Gasteiger partial charge on any atom is 0.146 e. The molecule has 1 aliphatic carbocycles. The fourth-order valence-electron chi connectivity index (χ4n) is 1.55. The lowest BCUT2D eigenvalue weighted by Crippen LogP contribution is -1.99. The Morgan fingerprint density at radius 1 is 1.17 bits per heavy atom. The first-order valence-corrected chi connectivity index (χ1v) is 4.14. The van der Waals surface area contributed by atoms with Gasteiger partial charge in [0.15, 0.2) is 0 Å². The minimum atomic E-state index is 0.889. The average Bonchev–Trinajstić information content (AvgIpc) is 2.17. The first kappa shape index (κ1) is 7.29. The minimum Gasteiger partial charge on any atom is -0.298 e. The first-order valence-electron chi connectivity index (χ1n) is 4.14. The maximum absolute atomic E-state index is 10.5. The summed E-state index contributed by atoms with van der Waals surface area (Å²) in [5, 5.41) is 0. The van der Waals surface area contributed by atoms with Gasteiger partial charge in [-0.15, -0.1) is 0 Å². The van der Waals surface area contributed by atoms with E-state index in [9.17, 15) is 4.79 Å². The van der Waals surface area contributed by atoms with Crippen LogP contribution in [0.25, 0.3) is 6.08 Å². The van der Waals surface area contributed by atoms with Crippen LogP contribution in [0.4, 0.5) is 0 Å². The van der Waals surface area contributed by atoms with Crippen molar-refractivity contribution >= 4 is 12.4 Å². The number of carbonyl (C=O) groups is 1. The Hall–Kier alpha value is -1.37. The standard InChI is InChI=1S/C11H10O/c12-8-9-5-6-10-3-1-2-4-11(10)7-9/h1-4,7-8H,5-6H2. The fourth-order valence-corrected chi connectivity index (χ4v) is 1.55. The molecule has 1 aromatic rings. The molecule has 1 aromatic carbocycles. The van der Waals surface area contributed by atoms with Crippen molar-refractivity contribution in [3.8, 4) is 0 Å². The Balaban J connectivity index is 2.47. The number of aryl methyl sites for hydroxylation is 1. The molecule has 0 amide bonds. The topological polar surface area (TPSA) is 17.1 Å². The second-order valence-electron chi connectivity index (χ2n) is 3.04. The van der Waals surface area contributed by atoms with Crippen molar-refractivity contribution in [3.63, 3.8) is 0 Å². The lowest BCUT2D eigenvalue weighted by molar-refractivity contribution is -0.105. The number of allylic oxidation sites excluding steroid dienone is 1. The molecule has 0 heterocycles. The number of carbonyl (C=O) groups excluding carboxylic acids is 1. The van der Waals surface area contributed by atoms with Crippen molar-refractivity contribution in [2.45, 2.75) is 12.8 Å². The van der Waals surface area contributed by atoms with Crippen LogP contribution >= 0.6 is 0 Å². The third-order valence-electron chi connectivity index (χ3n) is 2.23. The van der Waals surface area contributed by atoms with Crippen LogP contribution in [0.3, 0.4) is 0 Å². The molecule has 1 heteroatoms. The molecule has 0 spiro atoms. The summed E-state index contributed by atoms with van der Waals surface area (Å²) in [6.45, 7) is 0.